The molecule has 0 spiro atoms. The van der Waals surface area contributed by atoms with Crippen molar-refractivity contribution >= 4 is 0 Å². The zero-order valence-corrected chi connectivity index (χ0v) is 13.7. The largest absolute Gasteiger partial charge is 0.313 e. The van der Waals surface area contributed by atoms with Gasteiger partial charge in [0.15, 0.2) is 0 Å². The standard InChI is InChI=1S/C18H30N2/c1-14-8-6-7-9-17(14)15-10-16(11-15)19-12-18(2,3)13-20(4)5/h6-9,15-16,19H,10-13H2,1-5H3. The predicted molar refractivity (Wildman–Crippen MR) is 87.3 cm³/mol. The molecule has 1 aliphatic carbocycles. The maximum atomic E-state index is 3.76. The highest BCUT2D eigenvalue weighted by Crippen LogP contribution is 2.38. The summed E-state index contributed by atoms with van der Waals surface area (Å²) in [7, 11) is 4.30. The van der Waals surface area contributed by atoms with Gasteiger partial charge in [0.05, 0.1) is 0 Å². The van der Waals surface area contributed by atoms with E-state index in [0.29, 0.717) is 11.5 Å². The molecule has 0 amide bonds. The molecule has 0 aliphatic heterocycles. The summed E-state index contributed by atoms with van der Waals surface area (Å²) in [5, 5.41) is 3.76. The van der Waals surface area contributed by atoms with E-state index in [0.717, 1.165) is 19.0 Å². The van der Waals surface area contributed by atoms with Crippen molar-refractivity contribution < 1.29 is 0 Å². The Morgan fingerprint density at radius 1 is 1.20 bits per heavy atom. The van der Waals surface area contributed by atoms with E-state index in [4.69, 9.17) is 0 Å². The molecule has 112 valence electrons. The lowest BCUT2D eigenvalue weighted by Gasteiger charge is -2.39. The Labute approximate surface area is 124 Å². The summed E-state index contributed by atoms with van der Waals surface area (Å²) in [4.78, 5) is 2.28. The van der Waals surface area contributed by atoms with Crippen LogP contribution in [0.1, 0.15) is 43.7 Å². The molecule has 1 aromatic carbocycles. The Bertz CT molecular complexity index is 431. The molecule has 2 rings (SSSR count). The minimum atomic E-state index is 0.344. The summed E-state index contributed by atoms with van der Waals surface area (Å²) in [5.74, 6) is 0.769. The molecular formula is C18H30N2. The Morgan fingerprint density at radius 2 is 1.85 bits per heavy atom. The number of rotatable bonds is 6. The zero-order chi connectivity index (χ0) is 14.8. The lowest BCUT2D eigenvalue weighted by Crippen LogP contribution is -2.46. The van der Waals surface area contributed by atoms with Crippen LogP contribution in [0.15, 0.2) is 24.3 Å². The van der Waals surface area contributed by atoms with Gasteiger partial charge in [-0.05, 0) is 56.3 Å². The molecule has 20 heavy (non-hydrogen) atoms. The Kier molecular flexibility index (Phi) is 4.87. The number of nitrogens with zero attached hydrogens (tertiary/aromatic N) is 1. The smallest absolute Gasteiger partial charge is 0.00789 e. The highest BCUT2D eigenvalue weighted by molar-refractivity contribution is 5.31. The molecule has 1 N–H and O–H groups in total. The fourth-order valence-electron chi connectivity index (χ4n) is 3.42. The fraction of sp³-hybridized carbons (Fsp3) is 0.667. The molecule has 2 nitrogen and oxygen atoms in total. The van der Waals surface area contributed by atoms with Crippen molar-refractivity contribution in [1.29, 1.82) is 0 Å². The topological polar surface area (TPSA) is 15.3 Å². The van der Waals surface area contributed by atoms with E-state index in [1.165, 1.54) is 18.4 Å². The first-order valence-electron chi connectivity index (χ1n) is 7.81. The van der Waals surface area contributed by atoms with E-state index in [1.54, 1.807) is 5.56 Å². The van der Waals surface area contributed by atoms with Gasteiger partial charge in [-0.15, -0.1) is 0 Å². The van der Waals surface area contributed by atoms with Crippen molar-refractivity contribution in [2.45, 2.75) is 45.6 Å². The van der Waals surface area contributed by atoms with Crippen molar-refractivity contribution in [1.82, 2.24) is 10.2 Å². The van der Waals surface area contributed by atoms with E-state index < -0.39 is 0 Å². The van der Waals surface area contributed by atoms with Gasteiger partial charge in [0.1, 0.15) is 0 Å². The number of aryl methyl sites for hydroxylation is 1. The van der Waals surface area contributed by atoms with E-state index in [2.05, 4.69) is 69.3 Å². The Balaban J connectivity index is 1.76. The highest BCUT2D eigenvalue weighted by Gasteiger charge is 2.32. The SMILES string of the molecule is Cc1ccccc1C1CC(NCC(C)(C)CN(C)C)C1. The summed E-state index contributed by atoms with van der Waals surface area (Å²) in [6.45, 7) is 9.16. The van der Waals surface area contributed by atoms with Gasteiger partial charge in [-0.1, -0.05) is 38.1 Å². The van der Waals surface area contributed by atoms with Crippen LogP contribution >= 0.6 is 0 Å². The van der Waals surface area contributed by atoms with Crippen molar-refractivity contribution in [3.8, 4) is 0 Å². The van der Waals surface area contributed by atoms with Gasteiger partial charge in [0.2, 0.25) is 0 Å². The first-order valence-corrected chi connectivity index (χ1v) is 7.81. The number of hydrogen-bond acceptors (Lipinski definition) is 2. The molecule has 0 radical (unpaired) electrons. The molecule has 2 heteroatoms. The van der Waals surface area contributed by atoms with Gasteiger partial charge < -0.3 is 10.2 Å². The van der Waals surface area contributed by atoms with Crippen LogP contribution in [-0.4, -0.2) is 38.1 Å². The molecule has 1 aromatic rings. The molecule has 0 heterocycles. The summed E-state index contributed by atoms with van der Waals surface area (Å²) in [5.41, 5.74) is 3.35. The van der Waals surface area contributed by atoms with Crippen molar-refractivity contribution in [3.05, 3.63) is 35.4 Å². The van der Waals surface area contributed by atoms with Crippen molar-refractivity contribution in [3.63, 3.8) is 0 Å². The molecular weight excluding hydrogens is 244 g/mol. The molecule has 1 aliphatic rings. The van der Waals surface area contributed by atoms with E-state index in [1.807, 2.05) is 0 Å². The van der Waals surface area contributed by atoms with Crippen molar-refractivity contribution in [2.75, 3.05) is 27.2 Å². The van der Waals surface area contributed by atoms with Crippen molar-refractivity contribution in [2.24, 2.45) is 5.41 Å². The van der Waals surface area contributed by atoms with Gasteiger partial charge >= 0.3 is 0 Å². The Hall–Kier alpha value is -0.860. The first-order chi connectivity index (χ1) is 9.37. The number of nitrogens with one attached hydrogen (secondary N) is 1. The number of benzene rings is 1. The number of hydrogen-bond donors (Lipinski definition) is 1. The third-order valence-corrected chi connectivity index (χ3v) is 4.38. The summed E-state index contributed by atoms with van der Waals surface area (Å²) >= 11 is 0. The summed E-state index contributed by atoms with van der Waals surface area (Å²) in [6.07, 6.45) is 2.59. The first kappa shape index (κ1) is 15.5. The van der Waals surface area contributed by atoms with E-state index in [9.17, 15) is 0 Å². The maximum absolute atomic E-state index is 3.76. The van der Waals surface area contributed by atoms with Gasteiger partial charge in [0, 0.05) is 19.1 Å². The van der Waals surface area contributed by atoms with E-state index in [-0.39, 0.29) is 0 Å². The van der Waals surface area contributed by atoms with Gasteiger partial charge in [-0.3, -0.25) is 0 Å². The maximum Gasteiger partial charge on any atom is 0.00789 e. The van der Waals surface area contributed by atoms with Gasteiger partial charge in [0.25, 0.3) is 0 Å². The Morgan fingerprint density at radius 3 is 2.45 bits per heavy atom. The van der Waals surface area contributed by atoms with Crippen LogP contribution in [-0.2, 0) is 0 Å². The third kappa shape index (κ3) is 4.07. The second-order valence-corrected chi connectivity index (χ2v) is 7.50. The summed E-state index contributed by atoms with van der Waals surface area (Å²) < 4.78 is 0. The second-order valence-electron chi connectivity index (χ2n) is 7.50. The highest BCUT2D eigenvalue weighted by atomic mass is 15.1. The minimum Gasteiger partial charge on any atom is -0.313 e. The lowest BCUT2D eigenvalue weighted by molar-refractivity contribution is 0.200. The van der Waals surface area contributed by atoms with Crippen LogP contribution in [0.2, 0.25) is 0 Å². The quantitative estimate of drug-likeness (QED) is 0.855. The predicted octanol–water partition coefficient (Wildman–Crippen LogP) is 3.42. The average Bonchev–Trinajstić information content (AvgIpc) is 2.27. The van der Waals surface area contributed by atoms with Crippen LogP contribution in [0.25, 0.3) is 0 Å². The molecule has 1 fully saturated rings. The van der Waals surface area contributed by atoms with Crippen LogP contribution in [0.4, 0.5) is 0 Å². The second kappa shape index (κ2) is 6.28. The lowest BCUT2D eigenvalue weighted by atomic mass is 9.74. The van der Waals surface area contributed by atoms with Crippen LogP contribution in [0.3, 0.4) is 0 Å². The van der Waals surface area contributed by atoms with Gasteiger partial charge in [-0.2, -0.15) is 0 Å². The molecule has 0 saturated heterocycles. The van der Waals surface area contributed by atoms with Gasteiger partial charge in [-0.25, -0.2) is 0 Å². The zero-order valence-electron chi connectivity index (χ0n) is 13.7. The van der Waals surface area contributed by atoms with Crippen LogP contribution in [0.5, 0.6) is 0 Å². The van der Waals surface area contributed by atoms with Crippen LogP contribution < -0.4 is 5.32 Å². The fourth-order valence-corrected chi connectivity index (χ4v) is 3.42. The molecule has 1 saturated carbocycles. The molecule has 0 aromatic heterocycles. The summed E-state index contributed by atoms with van der Waals surface area (Å²) in [6, 6.07) is 9.55. The van der Waals surface area contributed by atoms with Crippen LogP contribution in [0, 0.1) is 12.3 Å². The third-order valence-electron chi connectivity index (χ3n) is 4.38. The minimum absolute atomic E-state index is 0.344. The normalized spacial score (nSPS) is 22.9. The monoisotopic (exact) mass is 274 g/mol. The molecule has 0 bridgehead atoms. The molecule has 0 atom stereocenters. The molecule has 0 unspecified atom stereocenters. The average molecular weight is 274 g/mol. The van der Waals surface area contributed by atoms with E-state index >= 15 is 0 Å².